The molecule has 1 heterocycles. The van der Waals surface area contributed by atoms with Crippen molar-refractivity contribution in [2.45, 2.75) is 71.4 Å². The van der Waals surface area contributed by atoms with Gasteiger partial charge in [-0.2, -0.15) is 5.10 Å². The Morgan fingerprint density at radius 1 is 1.33 bits per heavy atom. The number of hydrazine groups is 1. The van der Waals surface area contributed by atoms with Gasteiger partial charge in [-0.3, -0.25) is 16.0 Å². The van der Waals surface area contributed by atoms with Crippen LogP contribution in [0.15, 0.2) is 12.3 Å². The van der Waals surface area contributed by atoms with E-state index >= 15 is 0 Å². The van der Waals surface area contributed by atoms with Crippen LogP contribution < -0.4 is 11.3 Å². The number of hydrogen-bond donors (Lipinski definition) is 2. The number of nitrogens with zero attached hydrogens (tertiary/aromatic N) is 2. The van der Waals surface area contributed by atoms with Crippen molar-refractivity contribution in [2.24, 2.45) is 5.84 Å². The smallest absolute Gasteiger partial charge is 0.0640 e. The van der Waals surface area contributed by atoms with Crippen LogP contribution in [0.5, 0.6) is 0 Å². The van der Waals surface area contributed by atoms with Gasteiger partial charge in [-0.05, 0) is 26.3 Å². The van der Waals surface area contributed by atoms with Crippen molar-refractivity contribution < 1.29 is 0 Å². The zero-order valence-corrected chi connectivity index (χ0v) is 12.0. The van der Waals surface area contributed by atoms with Crippen molar-refractivity contribution >= 4 is 0 Å². The second-order valence-electron chi connectivity index (χ2n) is 5.30. The van der Waals surface area contributed by atoms with Crippen LogP contribution in [-0.4, -0.2) is 15.8 Å². The van der Waals surface area contributed by atoms with E-state index in [1.54, 1.807) is 0 Å². The highest BCUT2D eigenvalue weighted by atomic mass is 15.3. The summed E-state index contributed by atoms with van der Waals surface area (Å²) in [4.78, 5) is 0. The van der Waals surface area contributed by atoms with E-state index in [1.807, 2.05) is 10.9 Å². The molecular weight excluding hydrogens is 224 g/mol. The molecule has 1 atom stereocenters. The van der Waals surface area contributed by atoms with Crippen LogP contribution in [-0.2, 0) is 6.42 Å². The summed E-state index contributed by atoms with van der Waals surface area (Å²) in [5, 5.41) is 4.56. The van der Waals surface area contributed by atoms with Crippen molar-refractivity contribution in [3.05, 3.63) is 18.0 Å². The first-order chi connectivity index (χ1) is 8.67. The van der Waals surface area contributed by atoms with E-state index < -0.39 is 0 Å². The van der Waals surface area contributed by atoms with E-state index in [0.717, 1.165) is 18.5 Å². The summed E-state index contributed by atoms with van der Waals surface area (Å²) in [6.45, 7) is 6.51. The average molecular weight is 252 g/mol. The lowest BCUT2D eigenvalue weighted by Gasteiger charge is -2.14. The third-order valence-corrected chi connectivity index (χ3v) is 3.29. The van der Waals surface area contributed by atoms with Gasteiger partial charge < -0.3 is 0 Å². The molecular formula is C14H28N4. The van der Waals surface area contributed by atoms with Crippen molar-refractivity contribution in [3.8, 4) is 0 Å². The molecule has 0 bridgehead atoms. The van der Waals surface area contributed by atoms with Crippen LogP contribution in [0.3, 0.4) is 0 Å². The Morgan fingerprint density at radius 3 is 2.67 bits per heavy atom. The largest absolute Gasteiger partial charge is 0.271 e. The molecule has 18 heavy (non-hydrogen) atoms. The summed E-state index contributed by atoms with van der Waals surface area (Å²) in [6.07, 6.45) is 9.24. The quantitative estimate of drug-likeness (QED) is 0.404. The van der Waals surface area contributed by atoms with E-state index in [0.29, 0.717) is 12.1 Å². The first kappa shape index (κ1) is 15.2. The summed E-state index contributed by atoms with van der Waals surface area (Å²) in [5.41, 5.74) is 4.04. The second kappa shape index (κ2) is 8.27. The molecule has 0 radical (unpaired) electrons. The van der Waals surface area contributed by atoms with Crippen molar-refractivity contribution in [3.63, 3.8) is 0 Å². The van der Waals surface area contributed by atoms with E-state index in [9.17, 15) is 0 Å². The lowest BCUT2D eigenvalue weighted by atomic mass is 10.0. The highest BCUT2D eigenvalue weighted by Crippen LogP contribution is 2.10. The van der Waals surface area contributed by atoms with Gasteiger partial charge >= 0.3 is 0 Å². The SMILES string of the molecule is CCCCCCC(Cc1ccn(C(C)C)n1)NN. The molecule has 1 unspecified atom stereocenters. The van der Waals surface area contributed by atoms with Gasteiger partial charge in [0, 0.05) is 24.7 Å². The molecule has 3 N–H and O–H groups in total. The first-order valence-corrected chi connectivity index (χ1v) is 7.17. The van der Waals surface area contributed by atoms with Crippen LogP contribution in [0.2, 0.25) is 0 Å². The van der Waals surface area contributed by atoms with Crippen LogP contribution in [0.1, 0.15) is 64.6 Å². The number of rotatable bonds is 9. The first-order valence-electron chi connectivity index (χ1n) is 7.17. The Labute approximate surface area is 111 Å². The lowest BCUT2D eigenvalue weighted by molar-refractivity contribution is 0.453. The van der Waals surface area contributed by atoms with E-state index in [1.165, 1.54) is 25.7 Å². The topological polar surface area (TPSA) is 55.9 Å². The minimum absolute atomic E-state index is 0.345. The summed E-state index contributed by atoms with van der Waals surface area (Å²) in [6, 6.07) is 2.86. The molecule has 1 aromatic rings. The predicted molar refractivity (Wildman–Crippen MR) is 76.2 cm³/mol. The molecule has 4 heteroatoms. The molecule has 4 nitrogen and oxygen atoms in total. The van der Waals surface area contributed by atoms with Gasteiger partial charge in [0.1, 0.15) is 0 Å². The van der Waals surface area contributed by atoms with Gasteiger partial charge in [-0.1, -0.05) is 32.6 Å². The lowest BCUT2D eigenvalue weighted by Crippen LogP contribution is -2.36. The molecule has 0 aliphatic carbocycles. The van der Waals surface area contributed by atoms with Crippen molar-refractivity contribution in [1.82, 2.24) is 15.2 Å². The fourth-order valence-electron chi connectivity index (χ4n) is 2.09. The predicted octanol–water partition coefficient (Wildman–Crippen LogP) is 2.81. The molecule has 0 aromatic carbocycles. The molecule has 0 aliphatic heterocycles. The third kappa shape index (κ3) is 5.19. The Bertz CT molecular complexity index is 319. The number of nitrogens with one attached hydrogen (secondary N) is 1. The number of nitrogens with two attached hydrogens (primary N) is 1. The zero-order valence-electron chi connectivity index (χ0n) is 12.0. The maximum absolute atomic E-state index is 5.62. The van der Waals surface area contributed by atoms with E-state index in [4.69, 9.17) is 5.84 Å². The summed E-state index contributed by atoms with van der Waals surface area (Å²) in [5.74, 6) is 5.62. The Hall–Kier alpha value is -0.870. The number of aromatic nitrogens is 2. The Balaban J connectivity index is 2.36. The minimum atomic E-state index is 0.345. The minimum Gasteiger partial charge on any atom is -0.271 e. The second-order valence-corrected chi connectivity index (χ2v) is 5.30. The van der Waals surface area contributed by atoms with Crippen LogP contribution in [0, 0.1) is 0 Å². The zero-order chi connectivity index (χ0) is 13.4. The molecule has 104 valence electrons. The van der Waals surface area contributed by atoms with E-state index in [-0.39, 0.29) is 0 Å². The Kier molecular flexibility index (Phi) is 6.98. The van der Waals surface area contributed by atoms with Gasteiger partial charge in [0.15, 0.2) is 0 Å². The van der Waals surface area contributed by atoms with Crippen molar-refractivity contribution in [2.75, 3.05) is 0 Å². The third-order valence-electron chi connectivity index (χ3n) is 3.29. The van der Waals surface area contributed by atoms with Gasteiger partial charge in [-0.25, -0.2) is 0 Å². The molecule has 0 saturated heterocycles. The van der Waals surface area contributed by atoms with Crippen LogP contribution in [0.4, 0.5) is 0 Å². The normalized spacial score (nSPS) is 13.2. The summed E-state index contributed by atoms with van der Waals surface area (Å²) >= 11 is 0. The fourth-order valence-corrected chi connectivity index (χ4v) is 2.09. The molecule has 0 aliphatic rings. The highest BCUT2D eigenvalue weighted by molar-refractivity contribution is 5.01. The van der Waals surface area contributed by atoms with Gasteiger partial charge in [0.05, 0.1) is 5.69 Å². The van der Waals surface area contributed by atoms with Gasteiger partial charge in [0.2, 0.25) is 0 Å². The molecule has 1 rings (SSSR count). The Morgan fingerprint density at radius 2 is 2.11 bits per heavy atom. The molecule has 1 aromatic heterocycles. The maximum Gasteiger partial charge on any atom is 0.0640 e. The van der Waals surface area contributed by atoms with E-state index in [2.05, 4.69) is 37.4 Å². The number of unbranched alkanes of at least 4 members (excludes halogenated alkanes) is 3. The van der Waals surface area contributed by atoms with Gasteiger partial charge in [-0.15, -0.1) is 0 Å². The summed E-state index contributed by atoms with van der Waals surface area (Å²) in [7, 11) is 0. The molecule has 0 amide bonds. The average Bonchev–Trinajstić information content (AvgIpc) is 2.81. The maximum atomic E-state index is 5.62. The van der Waals surface area contributed by atoms with Crippen LogP contribution >= 0.6 is 0 Å². The van der Waals surface area contributed by atoms with Gasteiger partial charge in [0.25, 0.3) is 0 Å². The fraction of sp³-hybridized carbons (Fsp3) is 0.786. The van der Waals surface area contributed by atoms with Crippen molar-refractivity contribution in [1.29, 1.82) is 0 Å². The molecule has 0 spiro atoms. The molecule has 0 saturated carbocycles. The molecule has 0 fully saturated rings. The number of hydrogen-bond acceptors (Lipinski definition) is 3. The monoisotopic (exact) mass is 252 g/mol. The summed E-state index contributed by atoms with van der Waals surface area (Å²) < 4.78 is 2.00. The highest BCUT2D eigenvalue weighted by Gasteiger charge is 2.10. The van der Waals surface area contributed by atoms with Crippen LogP contribution in [0.25, 0.3) is 0 Å². The standard InChI is InChI=1S/C14H28N4/c1-4-5-6-7-8-13(16-15)11-14-9-10-18(17-14)12(2)3/h9-10,12-13,16H,4-8,11,15H2,1-3H3.